The van der Waals surface area contributed by atoms with E-state index in [-0.39, 0.29) is 46.9 Å². The van der Waals surface area contributed by atoms with E-state index in [1.54, 1.807) is 0 Å². The molecule has 0 aliphatic heterocycles. The molecule has 35 heavy (non-hydrogen) atoms. The first-order valence-electron chi connectivity index (χ1n) is 12.4. The highest BCUT2D eigenvalue weighted by Gasteiger charge is 2.21. The van der Waals surface area contributed by atoms with E-state index in [1.165, 1.54) is 6.07 Å². The molecule has 1 heterocycles. The van der Waals surface area contributed by atoms with Crippen molar-refractivity contribution in [2.24, 2.45) is 0 Å². The van der Waals surface area contributed by atoms with Gasteiger partial charge in [0.15, 0.2) is 5.69 Å². The molecule has 0 radical (unpaired) electrons. The molecule has 6 heteroatoms. The third-order valence-electron chi connectivity index (χ3n) is 6.28. The fraction of sp³-hybridized carbons (Fsp3) is 0.414. The summed E-state index contributed by atoms with van der Waals surface area (Å²) in [4.78, 5) is 26.3. The largest absolute Gasteiger partial charge is 0.320 e. The zero-order chi connectivity index (χ0) is 25.9. The number of para-hydroxylation sites is 2. The highest BCUT2D eigenvalue weighted by Crippen LogP contribution is 2.34. The van der Waals surface area contributed by atoms with Crippen molar-refractivity contribution in [1.82, 2.24) is 10.2 Å². The number of rotatable bonds is 8. The maximum atomic E-state index is 13.1. The lowest BCUT2D eigenvalue weighted by molar-refractivity contribution is 0.101. The molecule has 0 aliphatic carbocycles. The van der Waals surface area contributed by atoms with Crippen LogP contribution in [0.25, 0.3) is 0 Å². The maximum absolute atomic E-state index is 13.1. The van der Waals surface area contributed by atoms with Gasteiger partial charge in [-0.2, -0.15) is 5.10 Å². The normalized spacial score (nSPS) is 11.5. The summed E-state index contributed by atoms with van der Waals surface area (Å²) in [6.07, 6.45) is 0. The van der Waals surface area contributed by atoms with Crippen LogP contribution in [0.1, 0.15) is 122 Å². The molecule has 3 aromatic rings. The standard InChI is InChI=1S/C29H38N4O2/c1-16(2)20-11-9-12-21(17(3)4)26(20)30-28(34)24-15-25(33-32-24)29(35)31-27-22(18(5)6)13-10-14-23(27)19(7)8/h9-19H,1-8H3,(H,30,34)(H,31,35)(H,32,33). The van der Waals surface area contributed by atoms with Crippen LogP contribution in [-0.4, -0.2) is 22.0 Å². The summed E-state index contributed by atoms with van der Waals surface area (Å²) in [6.45, 7) is 16.8. The Morgan fingerprint density at radius 3 is 1.40 bits per heavy atom. The summed E-state index contributed by atoms with van der Waals surface area (Å²) in [5, 5.41) is 13.0. The van der Waals surface area contributed by atoms with Crippen LogP contribution in [0.15, 0.2) is 42.5 Å². The molecule has 3 N–H and O–H groups in total. The molecule has 0 aliphatic rings. The van der Waals surface area contributed by atoms with Gasteiger partial charge in [-0.25, -0.2) is 0 Å². The number of hydrogen-bond acceptors (Lipinski definition) is 3. The molecule has 0 spiro atoms. The predicted octanol–water partition coefficient (Wildman–Crippen LogP) is 7.41. The van der Waals surface area contributed by atoms with Crippen molar-refractivity contribution in [3.05, 3.63) is 76.1 Å². The fourth-order valence-corrected chi connectivity index (χ4v) is 4.30. The lowest BCUT2D eigenvalue weighted by Crippen LogP contribution is -2.17. The van der Waals surface area contributed by atoms with Gasteiger partial charge < -0.3 is 10.6 Å². The Balaban J connectivity index is 1.87. The predicted molar refractivity (Wildman–Crippen MR) is 144 cm³/mol. The highest BCUT2D eigenvalue weighted by atomic mass is 16.2. The van der Waals surface area contributed by atoms with E-state index in [0.29, 0.717) is 0 Å². The first kappa shape index (κ1) is 26.2. The number of hydrogen-bond donors (Lipinski definition) is 3. The summed E-state index contributed by atoms with van der Waals surface area (Å²) in [5.74, 6) is 0.339. The van der Waals surface area contributed by atoms with Crippen molar-refractivity contribution in [2.75, 3.05) is 10.6 Å². The number of nitrogens with zero attached hydrogens (tertiary/aromatic N) is 1. The van der Waals surface area contributed by atoms with Crippen molar-refractivity contribution in [2.45, 2.75) is 79.1 Å². The zero-order valence-corrected chi connectivity index (χ0v) is 22.1. The number of nitrogens with one attached hydrogen (secondary N) is 3. The van der Waals surface area contributed by atoms with Crippen LogP contribution < -0.4 is 10.6 Å². The van der Waals surface area contributed by atoms with Crippen LogP contribution in [-0.2, 0) is 0 Å². The second-order valence-electron chi connectivity index (χ2n) is 10.3. The Bertz CT molecular complexity index is 1060. The monoisotopic (exact) mass is 474 g/mol. The molecule has 6 nitrogen and oxygen atoms in total. The molecule has 2 aromatic carbocycles. The number of aromatic amines is 1. The van der Waals surface area contributed by atoms with Gasteiger partial charge in [-0.1, -0.05) is 91.8 Å². The molecular formula is C29H38N4O2. The van der Waals surface area contributed by atoms with E-state index in [1.807, 2.05) is 36.4 Å². The molecule has 0 atom stereocenters. The van der Waals surface area contributed by atoms with Crippen LogP contribution in [0.2, 0.25) is 0 Å². The first-order chi connectivity index (χ1) is 16.5. The zero-order valence-electron chi connectivity index (χ0n) is 22.1. The van der Waals surface area contributed by atoms with E-state index >= 15 is 0 Å². The molecule has 0 saturated carbocycles. The van der Waals surface area contributed by atoms with Crippen LogP contribution in [0, 0.1) is 0 Å². The Labute approximate surface area is 208 Å². The highest BCUT2D eigenvalue weighted by molar-refractivity contribution is 6.08. The molecule has 1 aromatic heterocycles. The maximum Gasteiger partial charge on any atom is 0.276 e. The van der Waals surface area contributed by atoms with E-state index in [4.69, 9.17) is 0 Å². The summed E-state index contributed by atoms with van der Waals surface area (Å²) in [7, 11) is 0. The summed E-state index contributed by atoms with van der Waals surface area (Å²) in [6, 6.07) is 13.7. The molecule has 0 fully saturated rings. The van der Waals surface area contributed by atoms with E-state index in [2.05, 4.69) is 76.2 Å². The Morgan fingerprint density at radius 2 is 1.03 bits per heavy atom. The third kappa shape index (κ3) is 5.81. The second-order valence-corrected chi connectivity index (χ2v) is 10.3. The topological polar surface area (TPSA) is 86.9 Å². The van der Waals surface area contributed by atoms with Crippen molar-refractivity contribution in [3.63, 3.8) is 0 Å². The summed E-state index contributed by atoms with van der Waals surface area (Å²) >= 11 is 0. The number of anilines is 2. The Hall–Kier alpha value is -3.41. The second kappa shape index (κ2) is 10.9. The number of H-pyrrole nitrogens is 1. The number of amides is 2. The van der Waals surface area contributed by atoms with Crippen molar-refractivity contribution in [1.29, 1.82) is 0 Å². The van der Waals surface area contributed by atoms with Crippen LogP contribution >= 0.6 is 0 Å². The van der Waals surface area contributed by atoms with Crippen LogP contribution in [0.5, 0.6) is 0 Å². The minimum absolute atomic E-state index is 0.171. The van der Waals surface area contributed by atoms with Crippen LogP contribution in [0.4, 0.5) is 11.4 Å². The number of carbonyl (C=O) groups is 2. The van der Waals surface area contributed by atoms with Crippen molar-refractivity contribution in [3.8, 4) is 0 Å². The van der Waals surface area contributed by atoms with Gasteiger partial charge >= 0.3 is 0 Å². The Kier molecular flexibility index (Phi) is 8.15. The van der Waals surface area contributed by atoms with Crippen molar-refractivity contribution >= 4 is 23.2 Å². The molecule has 0 bridgehead atoms. The van der Waals surface area contributed by atoms with Gasteiger partial charge in [0.1, 0.15) is 5.69 Å². The molecule has 2 amide bonds. The number of carbonyl (C=O) groups excluding carboxylic acids is 2. The minimum atomic E-state index is -0.347. The summed E-state index contributed by atoms with van der Waals surface area (Å²) in [5.41, 5.74) is 6.37. The number of benzene rings is 2. The molecule has 3 rings (SSSR count). The van der Waals surface area contributed by atoms with Gasteiger partial charge in [0, 0.05) is 17.4 Å². The minimum Gasteiger partial charge on any atom is -0.320 e. The van der Waals surface area contributed by atoms with Crippen molar-refractivity contribution < 1.29 is 9.59 Å². The average Bonchev–Trinajstić information content (AvgIpc) is 3.29. The van der Waals surface area contributed by atoms with Gasteiger partial charge in [0.25, 0.3) is 11.8 Å². The Morgan fingerprint density at radius 1 is 0.657 bits per heavy atom. The molecular weight excluding hydrogens is 436 g/mol. The van der Waals surface area contributed by atoms with Crippen LogP contribution in [0.3, 0.4) is 0 Å². The molecule has 0 unspecified atom stereocenters. The smallest absolute Gasteiger partial charge is 0.276 e. The SMILES string of the molecule is CC(C)c1cccc(C(C)C)c1NC(=O)c1cc(C(=O)Nc2c(C(C)C)cccc2C(C)C)[nH]n1. The molecule has 186 valence electrons. The fourth-order valence-electron chi connectivity index (χ4n) is 4.30. The quantitative estimate of drug-likeness (QED) is 0.318. The first-order valence-corrected chi connectivity index (χ1v) is 12.4. The summed E-state index contributed by atoms with van der Waals surface area (Å²) < 4.78 is 0. The van der Waals surface area contributed by atoms with E-state index in [0.717, 1.165) is 33.6 Å². The molecule has 0 saturated heterocycles. The van der Waals surface area contributed by atoms with E-state index in [9.17, 15) is 9.59 Å². The number of aromatic nitrogens is 2. The van der Waals surface area contributed by atoms with Gasteiger partial charge in [-0.05, 0) is 45.9 Å². The van der Waals surface area contributed by atoms with E-state index < -0.39 is 0 Å². The average molecular weight is 475 g/mol. The van der Waals surface area contributed by atoms with Gasteiger partial charge in [0.05, 0.1) is 0 Å². The lowest BCUT2D eigenvalue weighted by atomic mass is 9.92. The lowest BCUT2D eigenvalue weighted by Gasteiger charge is -2.20. The van der Waals surface area contributed by atoms with Gasteiger partial charge in [0.2, 0.25) is 0 Å². The van der Waals surface area contributed by atoms with Gasteiger partial charge in [-0.15, -0.1) is 0 Å². The third-order valence-corrected chi connectivity index (χ3v) is 6.28. The van der Waals surface area contributed by atoms with Gasteiger partial charge in [-0.3, -0.25) is 14.7 Å².